The van der Waals surface area contributed by atoms with Gasteiger partial charge in [-0.3, -0.25) is 15.1 Å². The lowest BCUT2D eigenvalue weighted by Gasteiger charge is -2.29. The van der Waals surface area contributed by atoms with Crippen LogP contribution in [0.4, 0.5) is 5.69 Å². The van der Waals surface area contributed by atoms with Crippen LogP contribution in [-0.2, 0) is 16.4 Å². The number of hydrogen-bond donors (Lipinski definition) is 4. The van der Waals surface area contributed by atoms with Gasteiger partial charge in [0.1, 0.15) is 23.9 Å². The van der Waals surface area contributed by atoms with Crippen LogP contribution in [0.25, 0.3) is 0 Å². The number of rotatable bonds is 10. The normalized spacial score (nSPS) is 19.9. The second-order valence-electron chi connectivity index (χ2n) is 10.1. The van der Waals surface area contributed by atoms with Crippen LogP contribution in [0.1, 0.15) is 30.6 Å². The zero-order chi connectivity index (χ0) is 29.1. The average molecular weight is 590 g/mol. The summed E-state index contributed by atoms with van der Waals surface area (Å²) in [5.74, 6) is 1.74. The Balaban J connectivity index is 1.03. The van der Waals surface area contributed by atoms with Crippen molar-refractivity contribution in [3.8, 4) is 11.5 Å². The summed E-state index contributed by atoms with van der Waals surface area (Å²) in [7, 11) is -3.82. The van der Waals surface area contributed by atoms with E-state index in [1.807, 2.05) is 19.1 Å². The van der Waals surface area contributed by atoms with Crippen LogP contribution < -0.4 is 24.9 Å². The highest BCUT2D eigenvalue weighted by Gasteiger charge is 2.28. The van der Waals surface area contributed by atoms with Crippen molar-refractivity contribution in [2.75, 3.05) is 17.8 Å². The van der Waals surface area contributed by atoms with Crippen molar-refractivity contribution in [1.82, 2.24) is 20.7 Å². The fraction of sp³-hybridized carbons (Fsp3) is 0.276. The Morgan fingerprint density at radius 1 is 1.21 bits per heavy atom. The Bertz CT molecular complexity index is 1630. The van der Waals surface area contributed by atoms with E-state index in [0.717, 1.165) is 23.2 Å². The van der Waals surface area contributed by atoms with Crippen molar-refractivity contribution in [1.29, 1.82) is 0 Å². The molecular weight excluding hydrogens is 558 g/mol. The molecule has 3 aliphatic rings. The Kier molecular flexibility index (Phi) is 7.78. The van der Waals surface area contributed by atoms with Gasteiger partial charge in [-0.05, 0) is 73.9 Å². The number of anilines is 1. The Labute approximate surface area is 243 Å². The maximum atomic E-state index is 13.2. The number of aromatic nitrogens is 1. The van der Waals surface area contributed by atoms with E-state index in [1.165, 1.54) is 0 Å². The lowest BCUT2D eigenvalue weighted by Crippen LogP contribution is -2.47. The highest BCUT2D eigenvalue weighted by atomic mass is 32.2. The van der Waals surface area contributed by atoms with Crippen molar-refractivity contribution in [2.24, 2.45) is 9.98 Å². The largest absolute Gasteiger partial charge is 0.489 e. The molecule has 0 saturated carbocycles. The minimum atomic E-state index is -3.82. The maximum absolute atomic E-state index is 13.2. The van der Waals surface area contributed by atoms with E-state index in [2.05, 4.69) is 30.4 Å². The van der Waals surface area contributed by atoms with Gasteiger partial charge in [0.2, 0.25) is 12.2 Å². The van der Waals surface area contributed by atoms with Crippen molar-refractivity contribution in [3.63, 3.8) is 0 Å². The summed E-state index contributed by atoms with van der Waals surface area (Å²) < 4.78 is 41.1. The van der Waals surface area contributed by atoms with E-state index >= 15 is 0 Å². The summed E-state index contributed by atoms with van der Waals surface area (Å²) in [6.07, 6.45) is 6.93. The van der Waals surface area contributed by atoms with Gasteiger partial charge in [-0.2, -0.15) is 0 Å². The highest BCUT2D eigenvalue weighted by Crippen LogP contribution is 2.31. The van der Waals surface area contributed by atoms with Gasteiger partial charge in [-0.1, -0.05) is 6.07 Å². The minimum absolute atomic E-state index is 0.0828. The molecule has 218 valence electrons. The predicted molar refractivity (Wildman–Crippen MR) is 158 cm³/mol. The van der Waals surface area contributed by atoms with Gasteiger partial charge in [0, 0.05) is 48.5 Å². The summed E-state index contributed by atoms with van der Waals surface area (Å²) in [4.78, 5) is 12.7. The molecule has 1 aromatic heterocycles. The molecule has 0 amide bonds. The molecule has 2 aromatic carbocycles. The first-order valence-corrected chi connectivity index (χ1v) is 15.1. The molecule has 4 heterocycles. The molecule has 0 bridgehead atoms. The fourth-order valence-corrected chi connectivity index (χ4v) is 5.97. The number of fused-ring (bicyclic) bond motifs is 2. The number of aryl methyl sites for hydroxylation is 1. The van der Waals surface area contributed by atoms with Crippen molar-refractivity contribution < 1.29 is 23.0 Å². The van der Waals surface area contributed by atoms with Gasteiger partial charge in [-0.15, -0.1) is 0 Å². The number of nitrogens with one attached hydrogen (secondary N) is 3. The molecule has 3 aliphatic heterocycles. The molecule has 12 nitrogen and oxygen atoms in total. The fourth-order valence-electron chi connectivity index (χ4n) is 4.86. The predicted octanol–water partition coefficient (Wildman–Crippen LogP) is 2.73. The summed E-state index contributed by atoms with van der Waals surface area (Å²) in [6.45, 7) is 2.81. The molecule has 13 heteroatoms. The summed E-state index contributed by atoms with van der Waals surface area (Å²) in [5, 5.41) is 15.3. The molecule has 0 saturated heterocycles. The molecule has 4 N–H and O–H groups in total. The first-order chi connectivity index (χ1) is 20.3. The van der Waals surface area contributed by atoms with Crippen LogP contribution in [-0.4, -0.2) is 61.2 Å². The van der Waals surface area contributed by atoms with E-state index in [-0.39, 0.29) is 11.0 Å². The van der Waals surface area contributed by atoms with Gasteiger partial charge in [0.25, 0.3) is 10.0 Å². The second-order valence-corrected chi connectivity index (χ2v) is 11.8. The van der Waals surface area contributed by atoms with Gasteiger partial charge < -0.3 is 19.9 Å². The molecule has 3 unspecified atom stereocenters. The van der Waals surface area contributed by atoms with Crippen LogP contribution in [0.2, 0.25) is 0 Å². The summed E-state index contributed by atoms with van der Waals surface area (Å²) >= 11 is 0. The molecule has 0 aliphatic carbocycles. The van der Waals surface area contributed by atoms with E-state index in [0.29, 0.717) is 42.7 Å². The number of aliphatic imine (C=N–C) groups is 2. The first-order valence-electron chi connectivity index (χ1n) is 13.6. The third-order valence-corrected chi connectivity index (χ3v) is 8.40. The van der Waals surface area contributed by atoms with Crippen LogP contribution in [0, 0.1) is 0 Å². The summed E-state index contributed by atoms with van der Waals surface area (Å²) in [6, 6.07) is 15.2. The van der Waals surface area contributed by atoms with Crippen molar-refractivity contribution in [2.45, 2.75) is 43.1 Å². The zero-order valence-corrected chi connectivity index (χ0v) is 23.7. The van der Waals surface area contributed by atoms with E-state index in [9.17, 15) is 13.5 Å². The number of guanidine groups is 1. The number of nitrogens with zero attached hydrogens (tertiary/aromatic N) is 4. The second kappa shape index (κ2) is 11.8. The summed E-state index contributed by atoms with van der Waals surface area (Å²) in [5.41, 5.74) is 5.77. The van der Waals surface area contributed by atoms with Gasteiger partial charge in [0.05, 0.1) is 11.0 Å². The van der Waals surface area contributed by atoms with Gasteiger partial charge in [-0.25, -0.2) is 23.4 Å². The monoisotopic (exact) mass is 589 g/mol. The molecule has 0 fully saturated rings. The van der Waals surface area contributed by atoms with Crippen LogP contribution in [0.5, 0.6) is 11.5 Å². The van der Waals surface area contributed by atoms with Crippen LogP contribution in [0.3, 0.4) is 0 Å². The Hall–Kier alpha value is -4.46. The molecular formula is C29H31N7O5S. The standard InChI is InChI=1S/C29H31N7O5S/c1-19-13-28(36-29(34-19)32-18-33-36)41-23-8-5-22(6-9-23)35-42(38,39)25-10-11-27-20(14-25)4-7-24(40-27)16-31-17-26(37)21-3-2-12-30-15-21/h2-3,5-6,8-15,18,24,26,28,31,35,37H,4,7,16-17H2,1H3,(H,32,33,34). The third-order valence-electron chi connectivity index (χ3n) is 7.02. The number of ether oxygens (including phenoxy) is 2. The molecule has 0 radical (unpaired) electrons. The minimum Gasteiger partial charge on any atom is -0.489 e. The topological polar surface area (TPSA) is 150 Å². The number of aliphatic hydroxyl groups excluding tert-OH is 1. The van der Waals surface area contributed by atoms with Gasteiger partial charge >= 0.3 is 0 Å². The molecule has 6 rings (SSSR count). The number of hydrazine groups is 1. The Morgan fingerprint density at radius 2 is 2.07 bits per heavy atom. The highest BCUT2D eigenvalue weighted by molar-refractivity contribution is 7.92. The van der Waals surface area contributed by atoms with Crippen LogP contribution >= 0.6 is 0 Å². The number of sulfonamides is 1. The molecule has 3 aromatic rings. The SMILES string of the molecule is CC1=CC(Oc2ccc(NS(=O)(=O)c3ccc4c(c3)CCC(CNCC(O)c3cccnc3)O4)cc2)N2NC=NC2=N1. The van der Waals surface area contributed by atoms with E-state index in [4.69, 9.17) is 9.47 Å². The van der Waals surface area contributed by atoms with Gasteiger partial charge in [0.15, 0.2) is 0 Å². The number of aliphatic hydroxyl groups is 1. The molecule has 0 spiro atoms. The average Bonchev–Trinajstić information content (AvgIpc) is 3.47. The maximum Gasteiger partial charge on any atom is 0.261 e. The zero-order valence-electron chi connectivity index (χ0n) is 22.8. The van der Waals surface area contributed by atoms with E-state index < -0.39 is 22.4 Å². The van der Waals surface area contributed by atoms with E-state index in [1.54, 1.807) is 72.3 Å². The van der Waals surface area contributed by atoms with Crippen LogP contribution in [0.15, 0.2) is 93.6 Å². The smallest absolute Gasteiger partial charge is 0.261 e. The molecule has 42 heavy (non-hydrogen) atoms. The third kappa shape index (κ3) is 6.22. The number of benzene rings is 2. The quantitative estimate of drug-likeness (QED) is 0.280. The lowest BCUT2D eigenvalue weighted by molar-refractivity contribution is 0.102. The lowest BCUT2D eigenvalue weighted by atomic mass is 10.0. The number of allylic oxidation sites excluding steroid dienone is 1. The van der Waals surface area contributed by atoms with Crippen molar-refractivity contribution >= 4 is 28.0 Å². The number of hydrogen-bond acceptors (Lipinski definition) is 11. The first kappa shape index (κ1) is 27.7. The molecule has 3 atom stereocenters. The number of pyridine rings is 1. The van der Waals surface area contributed by atoms with Crippen molar-refractivity contribution in [3.05, 3.63) is 89.9 Å². The Morgan fingerprint density at radius 3 is 2.88 bits per heavy atom.